The van der Waals surface area contributed by atoms with E-state index >= 15 is 0 Å². The van der Waals surface area contributed by atoms with Crippen LogP contribution in [0, 0.1) is 6.92 Å². The molecule has 160 valence electrons. The predicted octanol–water partition coefficient (Wildman–Crippen LogP) is 4.62. The molecule has 0 aliphatic carbocycles. The van der Waals surface area contributed by atoms with Crippen LogP contribution in [0.5, 0.6) is 5.75 Å². The van der Waals surface area contributed by atoms with Crippen LogP contribution in [0.1, 0.15) is 29.2 Å². The third kappa shape index (κ3) is 8.95. The summed E-state index contributed by atoms with van der Waals surface area (Å²) < 4.78 is 35.1. The van der Waals surface area contributed by atoms with Gasteiger partial charge in [0.25, 0.3) is 0 Å². The molecule has 0 fully saturated rings. The van der Waals surface area contributed by atoms with E-state index < -0.39 is 6.61 Å². The van der Waals surface area contributed by atoms with Crippen molar-refractivity contribution in [3.8, 4) is 5.75 Å². The lowest BCUT2D eigenvalue weighted by Gasteiger charge is -2.15. The maximum atomic E-state index is 12.6. The topological polar surface area (TPSA) is 54.9 Å². The molecule has 2 aromatic rings. The quantitative estimate of drug-likeness (QED) is 0.289. The summed E-state index contributed by atoms with van der Waals surface area (Å²) in [6, 6.07) is 13.2. The molecule has 0 aromatic heterocycles. The molecule has 29 heavy (non-hydrogen) atoms. The predicted molar refractivity (Wildman–Crippen MR) is 122 cm³/mol. The van der Waals surface area contributed by atoms with Gasteiger partial charge in [0.05, 0.1) is 6.61 Å². The lowest BCUT2D eigenvalue weighted by atomic mass is 10.1. The highest BCUT2D eigenvalue weighted by Gasteiger charge is 2.10. The summed E-state index contributed by atoms with van der Waals surface area (Å²) >= 11 is 0. The molecule has 2 aromatic carbocycles. The molecule has 0 saturated carbocycles. The second-order valence-corrected chi connectivity index (χ2v) is 6.22. The van der Waals surface area contributed by atoms with Crippen molar-refractivity contribution < 1.29 is 18.3 Å². The standard InChI is InChI=1S/C21H27F2N3O2.HI/c1-4-27-14-17-8-6-16(7-9-17)12-25-21(24-3)26-13-18-11-15(2)5-10-19(18)28-20(22)23;/h5-11,20H,4,12-14H2,1-3H3,(H2,24,25,26);1H. The van der Waals surface area contributed by atoms with E-state index in [4.69, 9.17) is 4.74 Å². The Morgan fingerprint density at radius 1 is 1.03 bits per heavy atom. The first-order valence-corrected chi connectivity index (χ1v) is 9.16. The van der Waals surface area contributed by atoms with Crippen molar-refractivity contribution in [3.05, 3.63) is 64.7 Å². The smallest absolute Gasteiger partial charge is 0.387 e. The van der Waals surface area contributed by atoms with E-state index in [1.165, 1.54) is 0 Å². The molecule has 0 radical (unpaired) electrons. The molecule has 0 heterocycles. The first-order valence-electron chi connectivity index (χ1n) is 9.16. The van der Waals surface area contributed by atoms with E-state index in [0.29, 0.717) is 37.8 Å². The van der Waals surface area contributed by atoms with Gasteiger partial charge in [-0.25, -0.2) is 0 Å². The highest BCUT2D eigenvalue weighted by Crippen LogP contribution is 2.22. The molecule has 8 heteroatoms. The number of guanidine groups is 1. The van der Waals surface area contributed by atoms with Crippen LogP contribution in [0.3, 0.4) is 0 Å². The first kappa shape index (κ1) is 25.1. The number of aliphatic imine (C=N–C) groups is 1. The molecule has 0 bridgehead atoms. The lowest BCUT2D eigenvalue weighted by molar-refractivity contribution is -0.0504. The second kappa shape index (κ2) is 13.3. The Morgan fingerprint density at radius 3 is 2.31 bits per heavy atom. The van der Waals surface area contributed by atoms with Crippen molar-refractivity contribution in [3.63, 3.8) is 0 Å². The van der Waals surface area contributed by atoms with Gasteiger partial charge in [-0.1, -0.05) is 42.0 Å². The number of hydrogen-bond donors (Lipinski definition) is 2. The Balaban J connectivity index is 0.00000420. The maximum Gasteiger partial charge on any atom is 0.387 e. The van der Waals surface area contributed by atoms with E-state index in [9.17, 15) is 8.78 Å². The van der Waals surface area contributed by atoms with Gasteiger partial charge in [-0.15, -0.1) is 24.0 Å². The maximum absolute atomic E-state index is 12.6. The summed E-state index contributed by atoms with van der Waals surface area (Å²) in [6.07, 6.45) is 0. The zero-order chi connectivity index (χ0) is 20.4. The fraction of sp³-hybridized carbons (Fsp3) is 0.381. The zero-order valence-electron chi connectivity index (χ0n) is 16.9. The second-order valence-electron chi connectivity index (χ2n) is 6.22. The van der Waals surface area contributed by atoms with Crippen LogP contribution in [0.25, 0.3) is 0 Å². The lowest BCUT2D eigenvalue weighted by Crippen LogP contribution is -2.36. The van der Waals surface area contributed by atoms with Crippen molar-refractivity contribution in [2.45, 2.75) is 40.2 Å². The summed E-state index contributed by atoms with van der Waals surface area (Å²) in [6.45, 7) is 3.21. The highest BCUT2D eigenvalue weighted by molar-refractivity contribution is 14.0. The number of ether oxygens (including phenoxy) is 2. The molecule has 0 unspecified atom stereocenters. The van der Waals surface area contributed by atoms with Gasteiger partial charge >= 0.3 is 6.61 Å². The number of benzene rings is 2. The van der Waals surface area contributed by atoms with Crippen LogP contribution >= 0.6 is 24.0 Å². The van der Waals surface area contributed by atoms with E-state index in [1.54, 1.807) is 19.2 Å². The van der Waals surface area contributed by atoms with Gasteiger partial charge in [0.1, 0.15) is 5.75 Å². The van der Waals surface area contributed by atoms with Crippen molar-refractivity contribution in [2.24, 2.45) is 4.99 Å². The molecule has 0 aliphatic heterocycles. The van der Waals surface area contributed by atoms with Crippen LogP contribution in [0.2, 0.25) is 0 Å². The van der Waals surface area contributed by atoms with Gasteiger partial charge < -0.3 is 20.1 Å². The largest absolute Gasteiger partial charge is 0.434 e. The number of rotatable bonds is 9. The molecule has 0 amide bonds. The Morgan fingerprint density at radius 2 is 1.69 bits per heavy atom. The van der Waals surface area contributed by atoms with Crippen molar-refractivity contribution in [1.29, 1.82) is 0 Å². The summed E-state index contributed by atoms with van der Waals surface area (Å²) in [5, 5.41) is 6.34. The summed E-state index contributed by atoms with van der Waals surface area (Å²) in [4.78, 5) is 4.17. The summed E-state index contributed by atoms with van der Waals surface area (Å²) in [7, 11) is 1.66. The highest BCUT2D eigenvalue weighted by atomic mass is 127. The minimum Gasteiger partial charge on any atom is -0.434 e. The average Bonchev–Trinajstić information content (AvgIpc) is 2.69. The normalized spacial score (nSPS) is 11.2. The molecule has 0 aliphatic rings. The van der Waals surface area contributed by atoms with Crippen LogP contribution in [0.15, 0.2) is 47.5 Å². The zero-order valence-corrected chi connectivity index (χ0v) is 19.2. The van der Waals surface area contributed by atoms with E-state index in [1.807, 2.05) is 44.2 Å². The fourth-order valence-corrected chi connectivity index (χ4v) is 2.62. The molecule has 2 N–H and O–H groups in total. The number of nitrogens with one attached hydrogen (secondary N) is 2. The molecule has 5 nitrogen and oxygen atoms in total. The van der Waals surface area contributed by atoms with Crippen molar-refractivity contribution in [2.75, 3.05) is 13.7 Å². The average molecular weight is 519 g/mol. The molecule has 0 spiro atoms. The Hall–Kier alpha value is -1.94. The summed E-state index contributed by atoms with van der Waals surface area (Å²) in [5.41, 5.74) is 3.83. The van der Waals surface area contributed by atoms with Gasteiger partial charge in [0.15, 0.2) is 5.96 Å². The van der Waals surface area contributed by atoms with E-state index in [2.05, 4.69) is 20.4 Å². The van der Waals surface area contributed by atoms with Gasteiger partial charge in [-0.05, 0) is 31.0 Å². The minimum absolute atomic E-state index is 0. The van der Waals surface area contributed by atoms with E-state index in [0.717, 1.165) is 16.7 Å². The Kier molecular flexibility index (Phi) is 11.5. The van der Waals surface area contributed by atoms with Crippen LogP contribution in [-0.2, 0) is 24.4 Å². The number of hydrogen-bond acceptors (Lipinski definition) is 3. The monoisotopic (exact) mass is 519 g/mol. The first-order chi connectivity index (χ1) is 13.5. The van der Waals surface area contributed by atoms with Gasteiger partial charge in [-0.2, -0.15) is 8.78 Å². The number of alkyl halides is 2. The van der Waals surface area contributed by atoms with Gasteiger partial charge in [0, 0.05) is 32.3 Å². The van der Waals surface area contributed by atoms with Crippen LogP contribution in [0.4, 0.5) is 8.78 Å². The minimum atomic E-state index is -2.86. The molecular weight excluding hydrogens is 491 g/mol. The van der Waals surface area contributed by atoms with Gasteiger partial charge in [-0.3, -0.25) is 4.99 Å². The molecule has 0 saturated heterocycles. The van der Waals surface area contributed by atoms with E-state index in [-0.39, 0.29) is 29.7 Å². The van der Waals surface area contributed by atoms with Gasteiger partial charge in [0.2, 0.25) is 0 Å². The van der Waals surface area contributed by atoms with Crippen LogP contribution in [-0.4, -0.2) is 26.2 Å². The fourth-order valence-electron chi connectivity index (χ4n) is 2.62. The van der Waals surface area contributed by atoms with Crippen molar-refractivity contribution in [1.82, 2.24) is 10.6 Å². The Labute approximate surface area is 187 Å². The summed E-state index contributed by atoms with van der Waals surface area (Å²) in [5.74, 6) is 0.733. The molecular formula is C21H28F2IN3O2. The Bertz CT molecular complexity index is 771. The molecule has 0 atom stereocenters. The third-order valence-corrected chi connectivity index (χ3v) is 4.06. The number of nitrogens with zero attached hydrogens (tertiary/aromatic N) is 1. The molecule has 2 rings (SSSR count). The number of halogens is 3. The SMILES string of the molecule is CCOCc1ccc(CNC(=NC)NCc2cc(C)ccc2OC(F)F)cc1.I. The van der Waals surface area contributed by atoms with Crippen LogP contribution < -0.4 is 15.4 Å². The number of aryl methyl sites for hydroxylation is 1. The third-order valence-electron chi connectivity index (χ3n) is 4.06. The van der Waals surface area contributed by atoms with Crippen molar-refractivity contribution >= 4 is 29.9 Å².